The number of amides is 10. The second-order valence-electron chi connectivity index (χ2n) is 19.4. The van der Waals surface area contributed by atoms with Gasteiger partial charge in [0.15, 0.2) is 0 Å². The third-order valence-electron chi connectivity index (χ3n) is 12.4. The highest BCUT2D eigenvalue weighted by Gasteiger charge is 2.37. The normalized spacial score (nSPS) is 23.4. The van der Waals surface area contributed by atoms with Crippen molar-refractivity contribution in [2.75, 3.05) is 32.8 Å². The molecule has 1 aliphatic heterocycles. The fourth-order valence-corrected chi connectivity index (χ4v) is 8.08. The van der Waals surface area contributed by atoms with Crippen LogP contribution in [0.25, 0.3) is 0 Å². The Morgan fingerprint density at radius 3 is 1.64 bits per heavy atom. The second-order valence-corrected chi connectivity index (χ2v) is 19.4. The van der Waals surface area contributed by atoms with E-state index in [-0.39, 0.29) is 64.1 Å². The molecule has 2 unspecified atom stereocenters. The number of aliphatic hydroxyl groups is 3. The summed E-state index contributed by atoms with van der Waals surface area (Å²) in [6, 6.07) is -5.06. The Morgan fingerprint density at radius 1 is 0.632 bits per heavy atom. The molecule has 1 aromatic carbocycles. The van der Waals surface area contributed by atoms with Gasteiger partial charge in [0.05, 0.1) is 18.8 Å². The van der Waals surface area contributed by atoms with Crippen LogP contribution in [0.4, 0.5) is 0 Å². The van der Waals surface area contributed by atoms with Crippen molar-refractivity contribution in [3.63, 3.8) is 0 Å². The molecular formula is C50H85N13O13. The molecule has 76 heavy (non-hydrogen) atoms. The van der Waals surface area contributed by atoms with Crippen LogP contribution in [-0.2, 0) is 54.4 Å². The summed E-state index contributed by atoms with van der Waals surface area (Å²) >= 11 is 0. The largest absolute Gasteiger partial charge is 0.394 e. The summed E-state index contributed by atoms with van der Waals surface area (Å²) in [7, 11) is 0. The maximum absolute atomic E-state index is 14.3. The Bertz CT molecular complexity index is 2050. The summed E-state index contributed by atoms with van der Waals surface area (Å²) in [4.78, 5) is 138. The predicted octanol–water partition coefficient (Wildman–Crippen LogP) is -4.68. The Labute approximate surface area is 444 Å². The van der Waals surface area contributed by atoms with Gasteiger partial charge in [0.1, 0.15) is 54.4 Å². The molecule has 1 aliphatic rings. The first-order chi connectivity index (χ1) is 36.1. The summed E-state index contributed by atoms with van der Waals surface area (Å²) in [6.07, 6.45) is 0.217. The molecule has 0 spiro atoms. The van der Waals surface area contributed by atoms with E-state index in [0.29, 0.717) is 12.0 Å². The zero-order valence-electron chi connectivity index (χ0n) is 44.5. The molecule has 1 saturated heterocycles. The van der Waals surface area contributed by atoms with Gasteiger partial charge < -0.3 is 85.7 Å². The van der Waals surface area contributed by atoms with Crippen molar-refractivity contribution in [2.45, 2.75) is 178 Å². The standard InChI is InChI=1S/C50H85N13O13/c1-6-7-8-9-13-16-39(67)62-41(30(5)66)50(76)61-38(27-64)48(74)58-35-20-24-54-49(75)40(29(4)65)63-45(71)34(19-23-53)56-42(68)32(17-21-51)57-46(72)36(25-28(2)3)59-47(73)37(26-31-14-11-10-12-15-31)60-43(69)33(18-22-52)55-44(35)70/h10-12,14-15,28-30,32-38,40-41,64-66H,6-9,13,16-27,51-53H2,1-5H3,(H,54,75)(H,55,70)(H,56,68)(H,57,72)(H,58,74)(H,59,73)(H,60,69)(H,61,76)(H,62,67)(H,63,71)/t29-,30-,32+,33+,34+,35?,36?,37-,38+,40+,41+/m1/s1. The van der Waals surface area contributed by atoms with Gasteiger partial charge in [-0.3, -0.25) is 47.9 Å². The highest BCUT2D eigenvalue weighted by atomic mass is 16.3. The first kappa shape index (κ1) is 65.8. The first-order valence-electron chi connectivity index (χ1n) is 26.2. The van der Waals surface area contributed by atoms with Crippen LogP contribution >= 0.6 is 0 Å². The monoisotopic (exact) mass is 1080 g/mol. The summed E-state index contributed by atoms with van der Waals surface area (Å²) in [5.41, 5.74) is 18.2. The van der Waals surface area contributed by atoms with Crippen LogP contribution in [0.15, 0.2) is 30.3 Å². The number of aliphatic hydroxyl groups excluding tert-OH is 3. The topological polar surface area (TPSA) is 430 Å². The van der Waals surface area contributed by atoms with E-state index in [0.717, 1.165) is 25.7 Å². The van der Waals surface area contributed by atoms with Crippen molar-refractivity contribution in [2.24, 2.45) is 23.1 Å². The number of hydrogen-bond donors (Lipinski definition) is 16. The SMILES string of the molecule is CCCCCCCC(=O)N[C@H](C(=O)N[C@@H](CO)C(=O)NC1CCNC(=O)[C@H]([C@@H](C)O)NC(=O)[C@H](CCN)NC(=O)[C@H](CCN)NC(=O)C(CC(C)C)NC(=O)[C@@H](Cc2ccccc2)NC(=O)[C@H](CCN)NC1=O)[C@@H](C)O. The Kier molecular flexibility index (Phi) is 30.4. The highest BCUT2D eigenvalue weighted by Crippen LogP contribution is 2.11. The van der Waals surface area contributed by atoms with Crippen molar-refractivity contribution in [3.05, 3.63) is 35.9 Å². The summed E-state index contributed by atoms with van der Waals surface area (Å²) in [5, 5.41) is 56.5. The lowest BCUT2D eigenvalue weighted by molar-refractivity contribution is -0.137. The molecule has 1 heterocycles. The molecule has 26 nitrogen and oxygen atoms in total. The van der Waals surface area contributed by atoms with Crippen molar-refractivity contribution in [3.8, 4) is 0 Å². The molecule has 428 valence electrons. The van der Waals surface area contributed by atoms with Crippen LogP contribution < -0.4 is 70.4 Å². The molecule has 26 heteroatoms. The average molecular weight is 1080 g/mol. The van der Waals surface area contributed by atoms with Crippen LogP contribution in [0.1, 0.15) is 111 Å². The number of nitrogens with two attached hydrogens (primary N) is 3. The van der Waals surface area contributed by atoms with Gasteiger partial charge in [0.25, 0.3) is 0 Å². The minimum Gasteiger partial charge on any atom is -0.394 e. The van der Waals surface area contributed by atoms with E-state index in [9.17, 15) is 63.3 Å². The van der Waals surface area contributed by atoms with E-state index >= 15 is 0 Å². The van der Waals surface area contributed by atoms with Gasteiger partial charge in [0.2, 0.25) is 59.1 Å². The number of rotatable bonds is 24. The fourth-order valence-electron chi connectivity index (χ4n) is 8.08. The Balaban J connectivity index is 2.67. The van der Waals surface area contributed by atoms with E-state index in [2.05, 4.69) is 53.2 Å². The van der Waals surface area contributed by atoms with Crippen molar-refractivity contribution < 1.29 is 63.3 Å². The molecular weight excluding hydrogens is 991 g/mol. The number of benzene rings is 1. The van der Waals surface area contributed by atoms with Gasteiger partial charge in [-0.1, -0.05) is 76.8 Å². The lowest BCUT2D eigenvalue weighted by atomic mass is 10.00. The second kappa shape index (κ2) is 35.1. The summed E-state index contributed by atoms with van der Waals surface area (Å²) in [6.45, 7) is 6.12. The van der Waals surface area contributed by atoms with Gasteiger partial charge in [-0.25, -0.2) is 0 Å². The Morgan fingerprint density at radius 2 is 1.13 bits per heavy atom. The van der Waals surface area contributed by atoms with Gasteiger partial charge >= 0.3 is 0 Å². The zero-order valence-corrected chi connectivity index (χ0v) is 44.5. The van der Waals surface area contributed by atoms with Crippen LogP contribution in [0.3, 0.4) is 0 Å². The minimum atomic E-state index is -1.79. The van der Waals surface area contributed by atoms with Crippen LogP contribution in [0, 0.1) is 5.92 Å². The lowest BCUT2D eigenvalue weighted by Gasteiger charge is -2.28. The van der Waals surface area contributed by atoms with E-state index in [4.69, 9.17) is 17.2 Å². The molecule has 1 fully saturated rings. The average Bonchev–Trinajstić information content (AvgIpc) is 3.36. The van der Waals surface area contributed by atoms with Gasteiger partial charge in [-0.2, -0.15) is 0 Å². The third kappa shape index (κ3) is 23.3. The molecule has 19 N–H and O–H groups in total. The number of carbonyl (C=O) groups is 10. The lowest BCUT2D eigenvalue weighted by Crippen LogP contribution is -2.61. The van der Waals surface area contributed by atoms with Crippen LogP contribution in [0.2, 0.25) is 0 Å². The smallest absolute Gasteiger partial charge is 0.245 e. The van der Waals surface area contributed by atoms with E-state index in [1.807, 2.05) is 6.92 Å². The molecule has 10 amide bonds. The van der Waals surface area contributed by atoms with E-state index in [1.54, 1.807) is 44.2 Å². The molecule has 11 atom stereocenters. The van der Waals surface area contributed by atoms with Crippen molar-refractivity contribution in [1.29, 1.82) is 0 Å². The predicted molar refractivity (Wildman–Crippen MR) is 279 cm³/mol. The van der Waals surface area contributed by atoms with Gasteiger partial charge in [-0.15, -0.1) is 0 Å². The summed E-state index contributed by atoms with van der Waals surface area (Å²) < 4.78 is 0. The van der Waals surface area contributed by atoms with Gasteiger partial charge in [-0.05, 0) is 83.5 Å². The quantitative estimate of drug-likeness (QED) is 0.0433. The molecule has 2 rings (SSSR count). The summed E-state index contributed by atoms with van der Waals surface area (Å²) in [5.74, 6) is -9.30. The van der Waals surface area contributed by atoms with Crippen molar-refractivity contribution in [1.82, 2.24) is 53.2 Å². The molecule has 0 aromatic heterocycles. The first-order valence-corrected chi connectivity index (χ1v) is 26.2. The van der Waals surface area contributed by atoms with E-state index in [1.165, 1.54) is 13.8 Å². The fraction of sp³-hybridized carbons (Fsp3) is 0.680. The maximum Gasteiger partial charge on any atom is 0.245 e. The van der Waals surface area contributed by atoms with Crippen LogP contribution in [-0.4, -0.2) is 174 Å². The number of hydrogen-bond acceptors (Lipinski definition) is 16. The third-order valence-corrected chi connectivity index (χ3v) is 12.4. The molecule has 0 bridgehead atoms. The molecule has 0 saturated carbocycles. The molecule has 0 aliphatic carbocycles. The zero-order chi connectivity index (χ0) is 56.9. The molecule has 0 radical (unpaired) electrons. The van der Waals surface area contributed by atoms with Gasteiger partial charge in [0, 0.05) is 19.4 Å². The minimum absolute atomic E-state index is 0.0539. The number of carbonyl (C=O) groups excluding carboxylic acids is 10. The molecule has 1 aromatic rings. The number of nitrogens with one attached hydrogen (secondary N) is 10. The maximum atomic E-state index is 14.3. The number of unbranched alkanes of at least 4 members (excludes halogenated alkanes) is 4. The van der Waals surface area contributed by atoms with E-state index < -0.39 is 145 Å². The Hall–Kier alpha value is -6.32. The van der Waals surface area contributed by atoms with Crippen molar-refractivity contribution >= 4 is 59.1 Å². The van der Waals surface area contributed by atoms with Crippen LogP contribution in [0.5, 0.6) is 0 Å². The highest BCUT2D eigenvalue weighted by molar-refractivity contribution is 5.99.